The maximum absolute atomic E-state index is 14.0. The van der Waals surface area contributed by atoms with Gasteiger partial charge in [-0.1, -0.05) is 49.6 Å². The van der Waals surface area contributed by atoms with Gasteiger partial charge in [0.25, 0.3) is 0 Å². The fraction of sp³-hybridized carbons (Fsp3) is 0.371. The van der Waals surface area contributed by atoms with E-state index in [0.717, 1.165) is 65.2 Å². The second-order valence-electron chi connectivity index (χ2n) is 11.3. The minimum absolute atomic E-state index is 0.0566. The van der Waals surface area contributed by atoms with Gasteiger partial charge in [0.05, 0.1) is 37.1 Å². The number of esters is 1. The maximum atomic E-state index is 14.0. The van der Waals surface area contributed by atoms with Crippen molar-refractivity contribution in [3.63, 3.8) is 0 Å². The molecule has 0 spiro atoms. The fourth-order valence-corrected chi connectivity index (χ4v) is 6.44. The minimum Gasteiger partial charge on any atom is -0.497 e. The number of Topliss-reactive ketones (excluding diaryl/α,β-unsaturated/α-hetero) is 1. The SMILES string of the molecule is CCOc1cc([C@@H]2Nc3ccccc3NC3=C2C(=O)C[C@@H](c2ccc(OC)cc2)C3)ccc1OC(=O)C1CCCCC1. The number of ketones is 1. The Morgan fingerprint density at radius 1 is 0.881 bits per heavy atom. The highest BCUT2D eigenvalue weighted by molar-refractivity contribution is 6.01. The van der Waals surface area contributed by atoms with Gasteiger partial charge < -0.3 is 24.8 Å². The molecule has 1 fully saturated rings. The molecule has 3 aromatic rings. The zero-order chi connectivity index (χ0) is 29.1. The summed E-state index contributed by atoms with van der Waals surface area (Å²) in [6.45, 7) is 2.34. The molecule has 2 atom stereocenters. The Kier molecular flexibility index (Phi) is 8.17. The molecule has 2 N–H and O–H groups in total. The summed E-state index contributed by atoms with van der Waals surface area (Å²) in [6, 6.07) is 21.2. The molecule has 0 saturated heterocycles. The number of hydrogen-bond acceptors (Lipinski definition) is 7. The molecule has 2 aliphatic carbocycles. The Bertz CT molecular complexity index is 1490. The third-order valence-corrected chi connectivity index (χ3v) is 8.65. The number of rotatable bonds is 7. The van der Waals surface area contributed by atoms with Gasteiger partial charge in [0.2, 0.25) is 0 Å². The van der Waals surface area contributed by atoms with E-state index in [4.69, 9.17) is 14.2 Å². The average molecular weight is 567 g/mol. The molecule has 42 heavy (non-hydrogen) atoms. The fourth-order valence-electron chi connectivity index (χ4n) is 6.44. The molecule has 1 saturated carbocycles. The highest BCUT2D eigenvalue weighted by atomic mass is 16.6. The van der Waals surface area contributed by atoms with Crippen LogP contribution in [0.4, 0.5) is 11.4 Å². The normalized spacial score (nSPS) is 20.4. The van der Waals surface area contributed by atoms with E-state index in [9.17, 15) is 9.59 Å². The van der Waals surface area contributed by atoms with Gasteiger partial charge >= 0.3 is 5.97 Å². The van der Waals surface area contributed by atoms with Crippen LogP contribution in [0.3, 0.4) is 0 Å². The monoisotopic (exact) mass is 566 g/mol. The maximum Gasteiger partial charge on any atom is 0.314 e. The number of ether oxygens (including phenoxy) is 3. The first-order valence-corrected chi connectivity index (χ1v) is 15.0. The number of fused-ring (bicyclic) bond motifs is 1. The van der Waals surface area contributed by atoms with E-state index >= 15 is 0 Å². The van der Waals surface area contributed by atoms with Crippen molar-refractivity contribution in [2.45, 2.75) is 63.8 Å². The van der Waals surface area contributed by atoms with Crippen molar-refractivity contribution < 1.29 is 23.8 Å². The second kappa shape index (κ2) is 12.3. The third-order valence-electron chi connectivity index (χ3n) is 8.65. The number of carbonyl (C=O) groups excluding carboxylic acids is 2. The van der Waals surface area contributed by atoms with Crippen molar-refractivity contribution in [3.8, 4) is 17.2 Å². The number of allylic oxidation sites excluding steroid dienone is 1. The summed E-state index contributed by atoms with van der Waals surface area (Å²) >= 11 is 0. The summed E-state index contributed by atoms with van der Waals surface area (Å²) in [4.78, 5) is 26.9. The van der Waals surface area contributed by atoms with Gasteiger partial charge in [0.1, 0.15) is 5.75 Å². The first kappa shape index (κ1) is 27.9. The van der Waals surface area contributed by atoms with E-state index in [1.807, 2.05) is 67.6 Å². The molecule has 7 heteroatoms. The number of nitrogens with one attached hydrogen (secondary N) is 2. The third kappa shape index (κ3) is 5.73. The Balaban J connectivity index is 1.35. The molecule has 6 rings (SSSR count). The molecule has 1 heterocycles. The van der Waals surface area contributed by atoms with Crippen molar-refractivity contribution in [3.05, 3.63) is 89.1 Å². The topological polar surface area (TPSA) is 85.9 Å². The lowest BCUT2D eigenvalue weighted by molar-refractivity contribution is -0.140. The predicted molar refractivity (Wildman–Crippen MR) is 163 cm³/mol. The molecule has 0 bridgehead atoms. The van der Waals surface area contributed by atoms with Crippen LogP contribution in [0.2, 0.25) is 0 Å². The number of anilines is 2. The van der Waals surface area contributed by atoms with Gasteiger partial charge in [-0.05, 0) is 79.6 Å². The Morgan fingerprint density at radius 2 is 1.62 bits per heavy atom. The standard InChI is InChI=1S/C35H38N2O5/c1-3-41-32-21-24(15-18-31(32)42-35(39)23-9-5-4-6-10-23)34-33-29(36-27-11-7-8-12-28(27)37-34)19-25(20-30(33)38)22-13-16-26(40-2)17-14-22/h7-8,11-18,21,23,25,34,36-37H,3-6,9-10,19-20H2,1-2H3/t25-,34-/m0/s1. The van der Waals surface area contributed by atoms with Gasteiger partial charge in [-0.15, -0.1) is 0 Å². The number of carbonyl (C=O) groups is 2. The van der Waals surface area contributed by atoms with Gasteiger partial charge in [0, 0.05) is 17.7 Å². The first-order valence-electron chi connectivity index (χ1n) is 15.0. The summed E-state index contributed by atoms with van der Waals surface area (Å²) < 4.78 is 17.2. The first-order chi connectivity index (χ1) is 20.5. The van der Waals surface area contributed by atoms with Crippen LogP contribution in [0.15, 0.2) is 78.0 Å². The molecule has 218 valence electrons. The van der Waals surface area contributed by atoms with Crippen molar-refractivity contribution >= 4 is 23.1 Å². The largest absolute Gasteiger partial charge is 0.497 e. The number of para-hydroxylation sites is 2. The average Bonchev–Trinajstić information content (AvgIpc) is 3.19. The molecule has 0 unspecified atom stereocenters. The van der Waals surface area contributed by atoms with Gasteiger partial charge in [-0.25, -0.2) is 0 Å². The van der Waals surface area contributed by atoms with Crippen molar-refractivity contribution in [2.24, 2.45) is 5.92 Å². The lowest BCUT2D eigenvalue weighted by Gasteiger charge is -2.30. The van der Waals surface area contributed by atoms with E-state index in [1.54, 1.807) is 13.2 Å². The highest BCUT2D eigenvalue weighted by Gasteiger charge is 2.36. The number of hydrogen-bond donors (Lipinski definition) is 2. The van der Waals surface area contributed by atoms with Gasteiger partial charge in [-0.2, -0.15) is 0 Å². The Labute approximate surface area is 247 Å². The molecule has 0 amide bonds. The quantitative estimate of drug-likeness (QED) is 0.225. The van der Waals surface area contributed by atoms with E-state index in [0.29, 0.717) is 30.9 Å². The van der Waals surface area contributed by atoms with Gasteiger partial charge in [-0.3, -0.25) is 9.59 Å². The van der Waals surface area contributed by atoms with Crippen LogP contribution in [0.25, 0.3) is 0 Å². The summed E-state index contributed by atoms with van der Waals surface area (Å²) in [5, 5.41) is 7.23. The Hall–Kier alpha value is -4.26. The minimum atomic E-state index is -0.400. The van der Waals surface area contributed by atoms with Crippen molar-refractivity contribution in [1.29, 1.82) is 0 Å². The lowest BCUT2D eigenvalue weighted by Crippen LogP contribution is -2.27. The van der Waals surface area contributed by atoms with Crippen LogP contribution in [-0.2, 0) is 9.59 Å². The molecule has 3 aliphatic rings. The van der Waals surface area contributed by atoms with E-state index < -0.39 is 6.04 Å². The lowest BCUT2D eigenvalue weighted by atomic mass is 9.78. The molecule has 0 aromatic heterocycles. The molecule has 7 nitrogen and oxygen atoms in total. The van der Waals surface area contributed by atoms with Crippen LogP contribution >= 0.6 is 0 Å². The smallest absolute Gasteiger partial charge is 0.314 e. The number of methoxy groups -OCH3 is 1. The van der Waals surface area contributed by atoms with E-state index in [2.05, 4.69) is 10.6 Å². The zero-order valence-corrected chi connectivity index (χ0v) is 24.3. The summed E-state index contributed by atoms with van der Waals surface area (Å²) in [7, 11) is 1.65. The zero-order valence-electron chi connectivity index (χ0n) is 24.3. The molecule has 0 radical (unpaired) electrons. The van der Waals surface area contributed by atoms with E-state index in [-0.39, 0.29) is 23.6 Å². The second-order valence-corrected chi connectivity index (χ2v) is 11.3. The molecular formula is C35H38N2O5. The molecular weight excluding hydrogens is 528 g/mol. The highest BCUT2D eigenvalue weighted by Crippen LogP contribution is 2.45. The van der Waals surface area contributed by atoms with Crippen molar-refractivity contribution in [2.75, 3.05) is 24.4 Å². The predicted octanol–water partition coefficient (Wildman–Crippen LogP) is 7.56. The molecule has 1 aliphatic heterocycles. The van der Waals surface area contributed by atoms with Crippen LogP contribution < -0.4 is 24.8 Å². The number of benzene rings is 3. The van der Waals surface area contributed by atoms with Crippen LogP contribution in [0.5, 0.6) is 17.2 Å². The van der Waals surface area contributed by atoms with Crippen LogP contribution in [0.1, 0.15) is 75.0 Å². The molecule has 3 aromatic carbocycles. The summed E-state index contributed by atoms with van der Waals surface area (Å²) in [5.74, 6) is 1.63. The van der Waals surface area contributed by atoms with E-state index in [1.165, 1.54) is 6.42 Å². The van der Waals surface area contributed by atoms with Crippen LogP contribution in [-0.4, -0.2) is 25.5 Å². The van der Waals surface area contributed by atoms with Crippen molar-refractivity contribution in [1.82, 2.24) is 0 Å². The summed E-state index contributed by atoms with van der Waals surface area (Å²) in [6.07, 6.45) is 6.15. The van der Waals surface area contributed by atoms with Gasteiger partial charge in [0.15, 0.2) is 17.3 Å². The van der Waals surface area contributed by atoms with Crippen LogP contribution in [0, 0.1) is 5.92 Å². The summed E-state index contributed by atoms with van der Waals surface area (Å²) in [5.41, 5.74) is 5.47. The Morgan fingerprint density at radius 3 is 2.36 bits per heavy atom.